The molecule has 6 nitrogen and oxygen atoms in total. The normalized spacial score (nSPS) is 22.8. The Bertz CT molecular complexity index is 853. The van der Waals surface area contributed by atoms with Gasteiger partial charge in [-0.3, -0.25) is 9.69 Å². The van der Waals surface area contributed by atoms with E-state index in [1.165, 1.54) is 4.90 Å². The van der Waals surface area contributed by atoms with Crippen molar-refractivity contribution in [3.63, 3.8) is 0 Å². The molecule has 1 atom stereocenters. The number of ether oxygens (including phenoxy) is 1. The highest BCUT2D eigenvalue weighted by Crippen LogP contribution is 2.38. The second-order valence-corrected chi connectivity index (χ2v) is 7.12. The minimum Gasteiger partial charge on any atom is -0.480 e. The summed E-state index contributed by atoms with van der Waals surface area (Å²) in [5, 5.41) is 11.5. The lowest BCUT2D eigenvalue weighted by Crippen LogP contribution is -2.57. The summed E-state index contributed by atoms with van der Waals surface area (Å²) >= 11 is 0. The highest BCUT2D eigenvalue weighted by atomic mass is 16.5. The zero-order chi connectivity index (χ0) is 18.3. The molecule has 2 fully saturated rings. The number of aliphatic carboxylic acids is 1. The molecule has 0 aliphatic carbocycles. The molecular weight excluding hydrogens is 332 g/mol. The van der Waals surface area contributed by atoms with Crippen molar-refractivity contribution in [2.24, 2.45) is 0 Å². The summed E-state index contributed by atoms with van der Waals surface area (Å²) in [6.45, 7) is 1.58. The highest BCUT2D eigenvalue weighted by molar-refractivity contribution is 6.08. The van der Waals surface area contributed by atoms with Crippen molar-refractivity contribution < 1.29 is 19.4 Å². The maximum Gasteiger partial charge on any atom is 0.328 e. The Morgan fingerprint density at radius 1 is 1.12 bits per heavy atom. The zero-order valence-electron chi connectivity index (χ0n) is 14.7. The molecule has 2 saturated heterocycles. The molecule has 136 valence electrons. The van der Waals surface area contributed by atoms with E-state index in [9.17, 15) is 14.7 Å². The smallest absolute Gasteiger partial charge is 0.328 e. The Hall–Kier alpha value is -2.44. The van der Waals surface area contributed by atoms with E-state index in [2.05, 4.69) is 4.90 Å². The van der Waals surface area contributed by atoms with E-state index in [4.69, 9.17) is 4.74 Å². The topological polar surface area (TPSA) is 70.1 Å². The molecule has 2 aliphatic rings. The van der Waals surface area contributed by atoms with Gasteiger partial charge in [-0.2, -0.15) is 0 Å². The molecule has 4 rings (SSSR count). The molecule has 2 aromatic carbocycles. The van der Waals surface area contributed by atoms with E-state index in [0.29, 0.717) is 18.4 Å². The predicted molar refractivity (Wildman–Crippen MR) is 97.0 cm³/mol. The van der Waals surface area contributed by atoms with E-state index >= 15 is 0 Å². The molecule has 2 aromatic rings. The SMILES string of the molecule is CN1CCC2(CC1)OCC(C(=O)O)N2C(=O)c1cccc2ccccc12. The van der Waals surface area contributed by atoms with Crippen LogP contribution in [-0.4, -0.2) is 65.3 Å². The summed E-state index contributed by atoms with van der Waals surface area (Å²) in [5.74, 6) is -1.29. The molecule has 0 bridgehead atoms. The number of rotatable bonds is 2. The van der Waals surface area contributed by atoms with E-state index in [0.717, 1.165) is 23.9 Å². The van der Waals surface area contributed by atoms with Gasteiger partial charge < -0.3 is 14.7 Å². The fraction of sp³-hybridized carbons (Fsp3) is 0.400. The van der Waals surface area contributed by atoms with Crippen molar-refractivity contribution in [3.8, 4) is 0 Å². The molecule has 2 heterocycles. The van der Waals surface area contributed by atoms with Crippen molar-refractivity contribution in [2.45, 2.75) is 24.6 Å². The zero-order valence-corrected chi connectivity index (χ0v) is 14.7. The van der Waals surface area contributed by atoms with Crippen molar-refractivity contribution in [1.82, 2.24) is 9.80 Å². The van der Waals surface area contributed by atoms with Gasteiger partial charge in [-0.25, -0.2) is 4.79 Å². The van der Waals surface area contributed by atoms with E-state index in [-0.39, 0.29) is 12.5 Å². The van der Waals surface area contributed by atoms with Crippen LogP contribution in [0.5, 0.6) is 0 Å². The molecule has 1 amide bonds. The molecule has 26 heavy (non-hydrogen) atoms. The van der Waals surface area contributed by atoms with Crippen LogP contribution < -0.4 is 0 Å². The lowest BCUT2D eigenvalue weighted by molar-refractivity contribution is -0.143. The van der Waals surface area contributed by atoms with Crippen molar-refractivity contribution in [1.29, 1.82) is 0 Å². The van der Waals surface area contributed by atoms with Gasteiger partial charge in [0.1, 0.15) is 5.72 Å². The lowest BCUT2D eigenvalue weighted by atomic mass is 9.96. The molecule has 0 saturated carbocycles. The number of benzene rings is 2. The fourth-order valence-corrected chi connectivity index (χ4v) is 4.07. The van der Waals surface area contributed by atoms with Crippen LogP contribution in [0.2, 0.25) is 0 Å². The number of amides is 1. The Balaban J connectivity index is 1.78. The van der Waals surface area contributed by atoms with Gasteiger partial charge in [0, 0.05) is 31.5 Å². The first-order chi connectivity index (χ1) is 12.5. The number of carboxylic acids is 1. The van der Waals surface area contributed by atoms with Gasteiger partial charge in [-0.1, -0.05) is 36.4 Å². The monoisotopic (exact) mass is 354 g/mol. The lowest BCUT2D eigenvalue weighted by Gasteiger charge is -2.43. The predicted octanol–water partition coefficient (Wildman–Crippen LogP) is 2.19. The molecule has 1 unspecified atom stereocenters. The van der Waals surface area contributed by atoms with Crippen molar-refractivity contribution in [3.05, 3.63) is 48.0 Å². The Labute approximate surface area is 152 Å². The maximum absolute atomic E-state index is 13.5. The molecule has 1 N–H and O–H groups in total. The standard InChI is InChI=1S/C20H22N2O4/c1-21-11-9-20(10-12-21)22(17(13-26-20)19(24)25)18(23)16-8-4-6-14-5-2-3-7-15(14)16/h2-8,17H,9-13H2,1H3,(H,24,25). The quantitative estimate of drug-likeness (QED) is 0.895. The number of carbonyl (C=O) groups excluding carboxylic acids is 1. The number of piperidine rings is 1. The minimum atomic E-state index is -1.02. The highest BCUT2D eigenvalue weighted by Gasteiger charge is 2.53. The first kappa shape index (κ1) is 17.0. The van der Waals surface area contributed by atoms with Gasteiger partial charge in [0.15, 0.2) is 6.04 Å². The molecular formula is C20H22N2O4. The average molecular weight is 354 g/mol. The summed E-state index contributed by atoms with van der Waals surface area (Å²) < 4.78 is 5.97. The van der Waals surface area contributed by atoms with E-state index in [1.807, 2.05) is 43.4 Å². The van der Waals surface area contributed by atoms with Gasteiger partial charge in [0.2, 0.25) is 0 Å². The fourth-order valence-electron chi connectivity index (χ4n) is 4.07. The van der Waals surface area contributed by atoms with E-state index in [1.54, 1.807) is 6.07 Å². The number of fused-ring (bicyclic) bond motifs is 1. The maximum atomic E-state index is 13.5. The van der Waals surface area contributed by atoms with Gasteiger partial charge in [-0.05, 0) is 23.9 Å². The van der Waals surface area contributed by atoms with Crippen LogP contribution in [0, 0.1) is 0 Å². The molecule has 0 aromatic heterocycles. The summed E-state index contributed by atoms with van der Waals surface area (Å²) in [4.78, 5) is 29.0. The van der Waals surface area contributed by atoms with Gasteiger partial charge in [0.05, 0.1) is 6.61 Å². The summed E-state index contributed by atoms with van der Waals surface area (Å²) in [6, 6.07) is 12.3. The average Bonchev–Trinajstić information content (AvgIpc) is 3.02. The third kappa shape index (κ3) is 2.66. The number of hydrogen-bond acceptors (Lipinski definition) is 4. The van der Waals surface area contributed by atoms with Crippen LogP contribution >= 0.6 is 0 Å². The van der Waals surface area contributed by atoms with Crippen molar-refractivity contribution >= 4 is 22.6 Å². The number of nitrogens with zero attached hydrogens (tertiary/aromatic N) is 2. The largest absolute Gasteiger partial charge is 0.480 e. The summed E-state index contributed by atoms with van der Waals surface area (Å²) in [7, 11) is 2.02. The first-order valence-corrected chi connectivity index (χ1v) is 8.89. The molecule has 2 aliphatic heterocycles. The van der Waals surface area contributed by atoms with Crippen LogP contribution in [-0.2, 0) is 9.53 Å². The van der Waals surface area contributed by atoms with Crippen molar-refractivity contribution in [2.75, 3.05) is 26.7 Å². The second-order valence-electron chi connectivity index (χ2n) is 7.12. The number of carboxylic acid groups (broad SMARTS) is 1. The van der Waals surface area contributed by atoms with Crippen LogP contribution in [0.4, 0.5) is 0 Å². The Kier molecular flexibility index (Phi) is 4.17. The van der Waals surface area contributed by atoms with E-state index < -0.39 is 17.7 Å². The van der Waals surface area contributed by atoms with Crippen LogP contribution in [0.1, 0.15) is 23.2 Å². The van der Waals surface area contributed by atoms with Crippen LogP contribution in [0.3, 0.4) is 0 Å². The third-order valence-corrected chi connectivity index (χ3v) is 5.55. The minimum absolute atomic E-state index is 0.0373. The molecule has 6 heteroatoms. The third-order valence-electron chi connectivity index (χ3n) is 5.55. The number of carbonyl (C=O) groups is 2. The van der Waals surface area contributed by atoms with Gasteiger partial charge in [-0.15, -0.1) is 0 Å². The number of likely N-dealkylation sites (tertiary alicyclic amines) is 1. The molecule has 0 radical (unpaired) electrons. The summed E-state index contributed by atoms with van der Waals surface area (Å²) in [6.07, 6.45) is 1.23. The van der Waals surface area contributed by atoms with Gasteiger partial charge in [0.25, 0.3) is 5.91 Å². The van der Waals surface area contributed by atoms with Gasteiger partial charge >= 0.3 is 5.97 Å². The molecule has 1 spiro atoms. The second kappa shape index (κ2) is 6.37. The number of hydrogen-bond donors (Lipinski definition) is 1. The summed E-state index contributed by atoms with van der Waals surface area (Å²) in [5.41, 5.74) is -0.304. The van der Waals surface area contributed by atoms with Crippen LogP contribution in [0.15, 0.2) is 42.5 Å². The Morgan fingerprint density at radius 3 is 2.54 bits per heavy atom. The Morgan fingerprint density at radius 2 is 1.81 bits per heavy atom. The van der Waals surface area contributed by atoms with Crippen LogP contribution in [0.25, 0.3) is 10.8 Å². The first-order valence-electron chi connectivity index (χ1n) is 8.89.